The summed E-state index contributed by atoms with van der Waals surface area (Å²) in [6.45, 7) is 11.3. The molecule has 0 bridgehead atoms. The zero-order chi connectivity index (χ0) is 25.3. The number of hydrogen-bond acceptors (Lipinski definition) is 6. The Balaban J connectivity index is 3.27. The van der Waals surface area contributed by atoms with Crippen molar-refractivity contribution in [3.05, 3.63) is 25.3 Å². The Morgan fingerprint density at radius 2 is 0.882 bits per heavy atom. The molecule has 4 amide bonds. The summed E-state index contributed by atoms with van der Waals surface area (Å²) in [6.07, 6.45) is 7.67. The van der Waals surface area contributed by atoms with Gasteiger partial charge in [-0.3, -0.25) is 19.2 Å². The van der Waals surface area contributed by atoms with Crippen molar-refractivity contribution < 1.29 is 28.7 Å². The van der Waals surface area contributed by atoms with Crippen LogP contribution >= 0.6 is 0 Å². The lowest BCUT2D eigenvalue weighted by Gasteiger charge is -2.08. The van der Waals surface area contributed by atoms with Crippen molar-refractivity contribution in [1.82, 2.24) is 21.3 Å². The first-order chi connectivity index (χ1) is 16.5. The van der Waals surface area contributed by atoms with Crippen LogP contribution in [0.3, 0.4) is 0 Å². The van der Waals surface area contributed by atoms with Crippen LogP contribution in [-0.4, -0.2) is 76.2 Å². The number of carbonyl (C=O) groups is 4. The highest BCUT2D eigenvalue weighted by molar-refractivity contribution is 5.87. The lowest BCUT2D eigenvalue weighted by molar-refractivity contribution is -0.122. The fourth-order valence-electron chi connectivity index (χ4n) is 2.66. The second kappa shape index (κ2) is 23.4. The van der Waals surface area contributed by atoms with Crippen LogP contribution in [0.2, 0.25) is 0 Å². The van der Waals surface area contributed by atoms with Crippen molar-refractivity contribution in [2.24, 2.45) is 0 Å². The largest absolute Gasteiger partial charge is 0.381 e. The summed E-state index contributed by atoms with van der Waals surface area (Å²) < 4.78 is 11.1. The highest BCUT2D eigenvalue weighted by Crippen LogP contribution is 1.94. The number of amides is 4. The van der Waals surface area contributed by atoms with Crippen LogP contribution in [0.25, 0.3) is 0 Å². The van der Waals surface area contributed by atoms with E-state index < -0.39 is 0 Å². The van der Waals surface area contributed by atoms with Crippen molar-refractivity contribution in [2.75, 3.05) is 52.6 Å². The SMILES string of the molecule is C=CC(=O)NCCCC(=O)NCCCOCCCCOCCCNC(=O)CCCNC(=O)C=C. The highest BCUT2D eigenvalue weighted by atomic mass is 16.5. The molecule has 0 fully saturated rings. The number of nitrogens with one attached hydrogen (secondary N) is 4. The predicted molar refractivity (Wildman–Crippen MR) is 131 cm³/mol. The van der Waals surface area contributed by atoms with Crippen molar-refractivity contribution >= 4 is 23.6 Å². The molecule has 10 heteroatoms. The molecule has 0 aliphatic rings. The fraction of sp³-hybridized carbons (Fsp3) is 0.667. The number of carbonyl (C=O) groups excluding carboxylic acids is 4. The summed E-state index contributed by atoms with van der Waals surface area (Å²) in [6, 6.07) is 0. The molecule has 0 unspecified atom stereocenters. The molecule has 0 rings (SSSR count). The minimum atomic E-state index is -0.230. The quantitative estimate of drug-likeness (QED) is 0.127. The van der Waals surface area contributed by atoms with Gasteiger partial charge in [-0.15, -0.1) is 0 Å². The Bertz CT molecular complexity index is 560. The normalized spacial score (nSPS) is 10.2. The van der Waals surface area contributed by atoms with E-state index in [9.17, 15) is 19.2 Å². The van der Waals surface area contributed by atoms with Gasteiger partial charge < -0.3 is 30.7 Å². The maximum atomic E-state index is 11.6. The molecule has 0 spiro atoms. The van der Waals surface area contributed by atoms with E-state index in [2.05, 4.69) is 34.4 Å². The van der Waals surface area contributed by atoms with Crippen LogP contribution in [0, 0.1) is 0 Å². The van der Waals surface area contributed by atoms with Crippen molar-refractivity contribution in [3.63, 3.8) is 0 Å². The summed E-state index contributed by atoms with van der Waals surface area (Å²) in [5.41, 5.74) is 0. The summed E-state index contributed by atoms with van der Waals surface area (Å²) in [4.78, 5) is 45.2. The van der Waals surface area contributed by atoms with Crippen LogP contribution in [0.15, 0.2) is 25.3 Å². The third-order valence-electron chi connectivity index (χ3n) is 4.53. The second-order valence-electron chi connectivity index (χ2n) is 7.54. The van der Waals surface area contributed by atoms with Gasteiger partial charge in [0.15, 0.2) is 0 Å². The second-order valence-corrected chi connectivity index (χ2v) is 7.54. The van der Waals surface area contributed by atoms with Gasteiger partial charge in [-0.05, 0) is 50.7 Å². The maximum Gasteiger partial charge on any atom is 0.243 e. The van der Waals surface area contributed by atoms with E-state index in [1.807, 2.05) is 0 Å². The molecule has 0 atom stereocenters. The number of hydrogen-bond donors (Lipinski definition) is 4. The molecule has 0 aromatic heterocycles. The first-order valence-electron chi connectivity index (χ1n) is 12.0. The Hall–Kier alpha value is -2.72. The standard InChI is InChI=1S/C24H42N4O6/c1-3-21(29)25-13-7-11-23(31)27-15-9-19-33-17-5-6-18-34-20-10-16-28-24(32)12-8-14-26-22(30)4-2/h3-4H,1-2,5-20H2,(H,25,29)(H,26,30)(H,27,31)(H,28,32). The van der Waals surface area contributed by atoms with E-state index in [4.69, 9.17) is 9.47 Å². The van der Waals surface area contributed by atoms with E-state index >= 15 is 0 Å². The van der Waals surface area contributed by atoms with Crippen LogP contribution in [0.1, 0.15) is 51.4 Å². The van der Waals surface area contributed by atoms with Gasteiger partial charge in [0.2, 0.25) is 23.6 Å². The smallest absolute Gasteiger partial charge is 0.243 e. The number of rotatable bonds is 23. The van der Waals surface area contributed by atoms with Crippen molar-refractivity contribution in [1.29, 1.82) is 0 Å². The van der Waals surface area contributed by atoms with Gasteiger partial charge in [-0.2, -0.15) is 0 Å². The molecule has 0 aliphatic heterocycles. The third-order valence-corrected chi connectivity index (χ3v) is 4.53. The summed E-state index contributed by atoms with van der Waals surface area (Å²) in [5, 5.41) is 10.9. The molecule has 34 heavy (non-hydrogen) atoms. The van der Waals surface area contributed by atoms with Crippen LogP contribution in [0.5, 0.6) is 0 Å². The molecular weight excluding hydrogens is 440 g/mol. The Morgan fingerprint density at radius 3 is 1.26 bits per heavy atom. The molecular formula is C24H42N4O6. The molecule has 0 saturated carbocycles. The van der Waals surface area contributed by atoms with Gasteiger partial charge in [-0.25, -0.2) is 0 Å². The highest BCUT2D eigenvalue weighted by Gasteiger charge is 2.02. The van der Waals surface area contributed by atoms with Gasteiger partial charge in [0.1, 0.15) is 0 Å². The van der Waals surface area contributed by atoms with Crippen LogP contribution < -0.4 is 21.3 Å². The zero-order valence-corrected chi connectivity index (χ0v) is 20.3. The number of unbranched alkanes of at least 4 members (excludes halogenated alkanes) is 1. The minimum absolute atomic E-state index is 0.0289. The topological polar surface area (TPSA) is 135 Å². The molecule has 0 aromatic rings. The lowest BCUT2D eigenvalue weighted by atomic mass is 10.3. The molecule has 4 N–H and O–H groups in total. The van der Waals surface area contributed by atoms with E-state index in [1.165, 1.54) is 12.2 Å². The Kier molecular flexibility index (Phi) is 21.6. The van der Waals surface area contributed by atoms with Gasteiger partial charge >= 0.3 is 0 Å². The third kappa shape index (κ3) is 22.5. The minimum Gasteiger partial charge on any atom is -0.381 e. The number of ether oxygens (including phenoxy) is 2. The molecule has 194 valence electrons. The molecule has 10 nitrogen and oxygen atoms in total. The first kappa shape index (κ1) is 31.3. The predicted octanol–water partition coefficient (Wildman–Crippen LogP) is 0.977. The monoisotopic (exact) mass is 482 g/mol. The first-order valence-corrected chi connectivity index (χ1v) is 12.0. The van der Waals surface area contributed by atoms with Gasteiger partial charge in [0.05, 0.1) is 0 Å². The Morgan fingerprint density at radius 1 is 0.529 bits per heavy atom. The van der Waals surface area contributed by atoms with Gasteiger partial charge in [-0.1, -0.05) is 13.2 Å². The van der Waals surface area contributed by atoms with E-state index in [0.29, 0.717) is 78.3 Å². The molecule has 0 aliphatic carbocycles. The molecule has 0 heterocycles. The molecule has 0 saturated heterocycles. The van der Waals surface area contributed by atoms with Crippen LogP contribution in [0.4, 0.5) is 0 Å². The average molecular weight is 483 g/mol. The summed E-state index contributed by atoms with van der Waals surface area (Å²) >= 11 is 0. The van der Waals surface area contributed by atoms with E-state index in [1.54, 1.807) is 0 Å². The van der Waals surface area contributed by atoms with Crippen LogP contribution in [-0.2, 0) is 28.7 Å². The molecule has 0 aromatic carbocycles. The van der Waals surface area contributed by atoms with Gasteiger partial charge in [0.25, 0.3) is 0 Å². The lowest BCUT2D eigenvalue weighted by Crippen LogP contribution is -2.27. The van der Waals surface area contributed by atoms with E-state index in [0.717, 1.165) is 25.7 Å². The van der Waals surface area contributed by atoms with Crippen molar-refractivity contribution in [2.45, 2.75) is 51.4 Å². The molecule has 0 radical (unpaired) electrons. The maximum absolute atomic E-state index is 11.6. The summed E-state index contributed by atoms with van der Waals surface area (Å²) in [5.74, 6) is -0.519. The van der Waals surface area contributed by atoms with Gasteiger partial charge in [0, 0.05) is 65.4 Å². The average Bonchev–Trinajstić information content (AvgIpc) is 2.84. The zero-order valence-electron chi connectivity index (χ0n) is 20.3. The fourth-order valence-corrected chi connectivity index (χ4v) is 2.66. The Labute approximate surface area is 203 Å². The van der Waals surface area contributed by atoms with Crippen molar-refractivity contribution in [3.8, 4) is 0 Å². The summed E-state index contributed by atoms with van der Waals surface area (Å²) in [7, 11) is 0. The van der Waals surface area contributed by atoms with E-state index in [-0.39, 0.29) is 23.6 Å².